The third-order valence-corrected chi connectivity index (χ3v) is 2.02. The average Bonchev–Trinajstić information content (AvgIpc) is 2.19. The number of nitrogens with two attached hydrogens (primary N) is 1. The Morgan fingerprint density at radius 2 is 2.36 bits per heavy atom. The second kappa shape index (κ2) is 4.77. The van der Waals surface area contributed by atoms with Gasteiger partial charge >= 0.3 is 0 Å². The van der Waals surface area contributed by atoms with Gasteiger partial charge in [0.15, 0.2) is 0 Å². The molecule has 2 N–H and O–H groups in total. The van der Waals surface area contributed by atoms with E-state index in [9.17, 15) is 4.39 Å². The number of methoxy groups -OCH3 is 1. The maximum absolute atomic E-state index is 13.3. The molecule has 1 atom stereocenters. The summed E-state index contributed by atoms with van der Waals surface area (Å²) in [6.45, 7) is 3.56. The average molecular weight is 195 g/mol. The number of halogens is 1. The molecule has 0 saturated carbocycles. The van der Waals surface area contributed by atoms with Gasteiger partial charge in [0.2, 0.25) is 0 Å². The van der Waals surface area contributed by atoms with Crippen LogP contribution in [0.1, 0.15) is 18.0 Å². The lowest BCUT2D eigenvalue weighted by Crippen LogP contribution is -2.11. The fourth-order valence-corrected chi connectivity index (χ4v) is 1.24. The van der Waals surface area contributed by atoms with E-state index < -0.39 is 0 Å². The van der Waals surface area contributed by atoms with Crippen molar-refractivity contribution in [3.8, 4) is 5.75 Å². The van der Waals surface area contributed by atoms with Gasteiger partial charge in [0.25, 0.3) is 0 Å². The fraction of sp³-hybridized carbons (Fsp3) is 0.273. The number of hydrogen-bond acceptors (Lipinski definition) is 2. The molecule has 0 spiro atoms. The molecule has 76 valence electrons. The van der Waals surface area contributed by atoms with E-state index in [0.717, 1.165) is 0 Å². The maximum Gasteiger partial charge on any atom is 0.128 e. The molecule has 0 saturated heterocycles. The smallest absolute Gasteiger partial charge is 0.128 e. The first-order valence-corrected chi connectivity index (χ1v) is 4.39. The van der Waals surface area contributed by atoms with Crippen molar-refractivity contribution >= 4 is 0 Å². The van der Waals surface area contributed by atoms with E-state index in [1.165, 1.54) is 13.2 Å². The molecule has 0 aliphatic rings. The van der Waals surface area contributed by atoms with E-state index in [-0.39, 0.29) is 11.9 Å². The van der Waals surface area contributed by atoms with Crippen LogP contribution in [0.25, 0.3) is 0 Å². The van der Waals surface area contributed by atoms with E-state index in [1.54, 1.807) is 18.2 Å². The van der Waals surface area contributed by atoms with Crippen LogP contribution >= 0.6 is 0 Å². The van der Waals surface area contributed by atoms with E-state index in [2.05, 4.69) is 6.58 Å². The molecule has 0 heterocycles. The van der Waals surface area contributed by atoms with Crippen molar-refractivity contribution in [2.24, 2.45) is 5.73 Å². The molecule has 0 aromatic heterocycles. The van der Waals surface area contributed by atoms with Gasteiger partial charge in [-0.05, 0) is 24.6 Å². The minimum absolute atomic E-state index is 0.305. The summed E-state index contributed by atoms with van der Waals surface area (Å²) in [5.74, 6) is 0.307. The van der Waals surface area contributed by atoms with Crippen molar-refractivity contribution in [1.82, 2.24) is 0 Å². The molecule has 0 bridgehead atoms. The first-order chi connectivity index (χ1) is 6.69. The van der Waals surface area contributed by atoms with Crippen molar-refractivity contribution in [2.45, 2.75) is 12.5 Å². The van der Waals surface area contributed by atoms with Crippen molar-refractivity contribution in [1.29, 1.82) is 0 Å². The van der Waals surface area contributed by atoms with Crippen LogP contribution in [0.4, 0.5) is 4.39 Å². The van der Waals surface area contributed by atoms with Crippen molar-refractivity contribution < 1.29 is 9.13 Å². The summed E-state index contributed by atoms with van der Waals surface area (Å²) in [5.41, 5.74) is 6.23. The van der Waals surface area contributed by atoms with Crippen LogP contribution in [0.15, 0.2) is 30.9 Å². The zero-order valence-electron chi connectivity index (χ0n) is 8.16. The number of hydrogen-bond donors (Lipinski definition) is 1. The molecule has 0 aliphatic heterocycles. The molecule has 0 fully saturated rings. The molecular formula is C11H14FNO. The predicted octanol–water partition coefficient (Wildman–Crippen LogP) is 2.41. The van der Waals surface area contributed by atoms with Gasteiger partial charge in [-0.1, -0.05) is 6.08 Å². The number of ether oxygens (including phenoxy) is 1. The lowest BCUT2D eigenvalue weighted by molar-refractivity contribution is 0.412. The quantitative estimate of drug-likeness (QED) is 0.749. The molecule has 1 rings (SSSR count). The van der Waals surface area contributed by atoms with Crippen LogP contribution in [-0.2, 0) is 0 Å². The van der Waals surface area contributed by atoms with Gasteiger partial charge in [0.05, 0.1) is 7.11 Å². The standard InChI is InChI=1S/C11H14FNO/c1-3-4-11(13)9-7-8(14-2)5-6-10(9)12/h3,5-7,11H,1,4,13H2,2H3/t11-/m1/s1. The summed E-state index contributed by atoms with van der Waals surface area (Å²) in [4.78, 5) is 0. The van der Waals surface area contributed by atoms with Crippen LogP contribution in [-0.4, -0.2) is 7.11 Å². The Morgan fingerprint density at radius 1 is 1.64 bits per heavy atom. The molecule has 0 radical (unpaired) electrons. The molecule has 0 amide bonds. The molecular weight excluding hydrogens is 181 g/mol. The Hall–Kier alpha value is -1.35. The third-order valence-electron chi connectivity index (χ3n) is 2.02. The van der Waals surface area contributed by atoms with E-state index in [4.69, 9.17) is 10.5 Å². The monoisotopic (exact) mass is 195 g/mol. The van der Waals surface area contributed by atoms with Crippen molar-refractivity contribution in [3.63, 3.8) is 0 Å². The Bertz CT molecular complexity index is 325. The normalized spacial score (nSPS) is 12.2. The van der Waals surface area contributed by atoms with Gasteiger partial charge in [0, 0.05) is 11.6 Å². The highest BCUT2D eigenvalue weighted by Crippen LogP contribution is 2.23. The summed E-state index contributed by atoms with van der Waals surface area (Å²) < 4.78 is 18.3. The van der Waals surface area contributed by atoms with Crippen LogP contribution in [0.3, 0.4) is 0 Å². The van der Waals surface area contributed by atoms with E-state index in [0.29, 0.717) is 17.7 Å². The first-order valence-electron chi connectivity index (χ1n) is 4.39. The van der Waals surface area contributed by atoms with Gasteiger partial charge in [-0.15, -0.1) is 6.58 Å². The largest absolute Gasteiger partial charge is 0.497 e. The zero-order chi connectivity index (χ0) is 10.6. The summed E-state index contributed by atoms with van der Waals surface area (Å²) in [5, 5.41) is 0. The highest BCUT2D eigenvalue weighted by molar-refractivity contribution is 5.32. The third kappa shape index (κ3) is 2.33. The molecule has 14 heavy (non-hydrogen) atoms. The fourth-order valence-electron chi connectivity index (χ4n) is 1.24. The number of benzene rings is 1. The Kier molecular flexibility index (Phi) is 3.65. The Labute approximate surface area is 83.2 Å². The van der Waals surface area contributed by atoms with Gasteiger partial charge in [0.1, 0.15) is 11.6 Å². The second-order valence-electron chi connectivity index (χ2n) is 3.02. The van der Waals surface area contributed by atoms with Crippen molar-refractivity contribution in [3.05, 3.63) is 42.2 Å². The lowest BCUT2D eigenvalue weighted by atomic mass is 10.0. The number of rotatable bonds is 4. The van der Waals surface area contributed by atoms with Gasteiger partial charge < -0.3 is 10.5 Å². The Morgan fingerprint density at radius 3 is 2.93 bits per heavy atom. The second-order valence-corrected chi connectivity index (χ2v) is 3.02. The molecule has 3 heteroatoms. The highest BCUT2D eigenvalue weighted by Gasteiger charge is 2.10. The van der Waals surface area contributed by atoms with Crippen LogP contribution < -0.4 is 10.5 Å². The van der Waals surface area contributed by atoms with Crippen LogP contribution in [0, 0.1) is 5.82 Å². The lowest BCUT2D eigenvalue weighted by Gasteiger charge is -2.11. The Balaban J connectivity index is 2.98. The topological polar surface area (TPSA) is 35.2 Å². The molecule has 1 aromatic carbocycles. The predicted molar refractivity (Wildman–Crippen MR) is 54.7 cm³/mol. The van der Waals surface area contributed by atoms with Gasteiger partial charge in [-0.3, -0.25) is 0 Å². The highest BCUT2D eigenvalue weighted by atomic mass is 19.1. The molecule has 0 aliphatic carbocycles. The molecule has 1 aromatic rings. The van der Waals surface area contributed by atoms with Gasteiger partial charge in [-0.25, -0.2) is 4.39 Å². The maximum atomic E-state index is 13.3. The van der Waals surface area contributed by atoms with Gasteiger partial charge in [-0.2, -0.15) is 0 Å². The van der Waals surface area contributed by atoms with E-state index >= 15 is 0 Å². The summed E-state index contributed by atoms with van der Waals surface area (Å²) in [6.07, 6.45) is 2.22. The minimum Gasteiger partial charge on any atom is -0.497 e. The SMILES string of the molecule is C=CC[C@@H](N)c1cc(OC)ccc1F. The van der Waals surface area contributed by atoms with Crippen LogP contribution in [0.5, 0.6) is 5.75 Å². The summed E-state index contributed by atoms with van der Waals surface area (Å²) in [7, 11) is 1.54. The summed E-state index contributed by atoms with van der Waals surface area (Å²) in [6, 6.07) is 4.18. The minimum atomic E-state index is -0.359. The molecule has 2 nitrogen and oxygen atoms in total. The zero-order valence-corrected chi connectivity index (χ0v) is 8.16. The molecule has 0 unspecified atom stereocenters. The van der Waals surface area contributed by atoms with E-state index in [1.807, 2.05) is 0 Å². The summed E-state index contributed by atoms with van der Waals surface area (Å²) >= 11 is 0. The van der Waals surface area contributed by atoms with Crippen molar-refractivity contribution in [2.75, 3.05) is 7.11 Å². The van der Waals surface area contributed by atoms with Crippen LogP contribution in [0.2, 0.25) is 0 Å². The first kappa shape index (κ1) is 10.7.